The molecule has 0 saturated carbocycles. The average molecular weight is 299 g/mol. The van der Waals surface area contributed by atoms with Crippen LogP contribution in [0.3, 0.4) is 0 Å². The van der Waals surface area contributed by atoms with E-state index >= 15 is 0 Å². The number of hydrogen-bond donors (Lipinski definition) is 2. The van der Waals surface area contributed by atoms with Crippen LogP contribution in [0.1, 0.15) is 17.4 Å². The molecule has 22 heavy (non-hydrogen) atoms. The van der Waals surface area contributed by atoms with E-state index in [0.29, 0.717) is 17.1 Å². The maximum Gasteiger partial charge on any atom is 0.293 e. The fourth-order valence-corrected chi connectivity index (χ4v) is 2.36. The summed E-state index contributed by atoms with van der Waals surface area (Å²) in [5.41, 5.74) is 0.351. The normalized spacial score (nSPS) is 20.0. The summed E-state index contributed by atoms with van der Waals surface area (Å²) in [7, 11) is 1.50. The highest BCUT2D eigenvalue weighted by atomic mass is 16.5. The van der Waals surface area contributed by atoms with Gasteiger partial charge in [0.1, 0.15) is 23.3 Å². The average Bonchev–Trinajstić information content (AvgIpc) is 3.16. The van der Waals surface area contributed by atoms with Crippen molar-refractivity contribution >= 4 is 17.4 Å². The van der Waals surface area contributed by atoms with Gasteiger partial charge in [-0.1, -0.05) is 12.1 Å². The SMILES string of the molecule is COc1cccc(C(O)=C2C(=O)C(=O)N[C@@H]2c2ccco2)c1. The number of carbonyl (C=O) groups excluding carboxylic acids is 2. The van der Waals surface area contributed by atoms with Crippen molar-refractivity contribution in [1.29, 1.82) is 0 Å². The van der Waals surface area contributed by atoms with Gasteiger partial charge >= 0.3 is 0 Å². The molecule has 1 aromatic carbocycles. The topological polar surface area (TPSA) is 88.8 Å². The number of aliphatic hydroxyl groups excluding tert-OH is 1. The minimum atomic E-state index is -0.804. The van der Waals surface area contributed by atoms with E-state index in [-0.39, 0.29) is 11.3 Å². The van der Waals surface area contributed by atoms with Crippen LogP contribution >= 0.6 is 0 Å². The lowest BCUT2D eigenvalue weighted by Gasteiger charge is -2.11. The maximum atomic E-state index is 12.1. The summed E-state index contributed by atoms with van der Waals surface area (Å²) in [6, 6.07) is 9.07. The van der Waals surface area contributed by atoms with Crippen LogP contribution in [0.25, 0.3) is 5.76 Å². The molecule has 1 saturated heterocycles. The van der Waals surface area contributed by atoms with Crippen molar-refractivity contribution in [2.24, 2.45) is 0 Å². The van der Waals surface area contributed by atoms with Gasteiger partial charge in [-0.05, 0) is 24.3 Å². The van der Waals surface area contributed by atoms with Crippen LogP contribution in [-0.2, 0) is 9.59 Å². The van der Waals surface area contributed by atoms with E-state index in [1.165, 1.54) is 13.4 Å². The van der Waals surface area contributed by atoms with Crippen LogP contribution in [0.5, 0.6) is 5.75 Å². The molecule has 6 nitrogen and oxygen atoms in total. The van der Waals surface area contributed by atoms with Gasteiger partial charge in [0.15, 0.2) is 0 Å². The second-order valence-electron chi connectivity index (χ2n) is 4.75. The summed E-state index contributed by atoms with van der Waals surface area (Å²) in [4.78, 5) is 23.8. The van der Waals surface area contributed by atoms with E-state index in [2.05, 4.69) is 5.32 Å². The van der Waals surface area contributed by atoms with Gasteiger partial charge in [-0.2, -0.15) is 0 Å². The number of nitrogens with one attached hydrogen (secondary N) is 1. The van der Waals surface area contributed by atoms with Gasteiger partial charge in [0, 0.05) is 5.56 Å². The monoisotopic (exact) mass is 299 g/mol. The van der Waals surface area contributed by atoms with Gasteiger partial charge in [0.2, 0.25) is 0 Å². The predicted molar refractivity (Wildman–Crippen MR) is 77.1 cm³/mol. The number of benzene rings is 1. The molecule has 0 radical (unpaired) electrons. The predicted octanol–water partition coefficient (Wildman–Crippen LogP) is 2.00. The molecule has 3 rings (SSSR count). The first-order valence-corrected chi connectivity index (χ1v) is 6.58. The van der Waals surface area contributed by atoms with E-state index in [1.807, 2.05) is 0 Å². The molecule has 112 valence electrons. The zero-order valence-electron chi connectivity index (χ0n) is 11.7. The highest BCUT2D eigenvalue weighted by molar-refractivity contribution is 6.46. The molecule has 2 N–H and O–H groups in total. The summed E-state index contributed by atoms with van der Waals surface area (Å²) in [6.45, 7) is 0. The zero-order valence-corrected chi connectivity index (χ0v) is 11.7. The first-order chi connectivity index (χ1) is 10.6. The largest absolute Gasteiger partial charge is 0.507 e. The van der Waals surface area contributed by atoms with E-state index in [9.17, 15) is 14.7 Å². The lowest BCUT2D eigenvalue weighted by Crippen LogP contribution is -2.20. The van der Waals surface area contributed by atoms with Gasteiger partial charge in [0.25, 0.3) is 11.7 Å². The minimum Gasteiger partial charge on any atom is -0.507 e. The van der Waals surface area contributed by atoms with Crippen LogP contribution in [0, 0.1) is 0 Å². The summed E-state index contributed by atoms with van der Waals surface area (Å²) >= 11 is 0. The van der Waals surface area contributed by atoms with Crippen molar-refractivity contribution in [3.63, 3.8) is 0 Å². The number of methoxy groups -OCH3 is 1. The second kappa shape index (κ2) is 5.40. The highest BCUT2D eigenvalue weighted by Gasteiger charge is 2.40. The zero-order chi connectivity index (χ0) is 15.7. The Morgan fingerprint density at radius 2 is 2.09 bits per heavy atom. The summed E-state index contributed by atoms with van der Waals surface area (Å²) in [5, 5.41) is 13.0. The molecule has 1 aliphatic heterocycles. The molecule has 1 fully saturated rings. The molecular weight excluding hydrogens is 286 g/mol. The minimum absolute atomic E-state index is 0.0341. The van der Waals surface area contributed by atoms with E-state index in [0.717, 1.165) is 0 Å². The number of ether oxygens (including phenoxy) is 1. The van der Waals surface area contributed by atoms with Crippen molar-refractivity contribution in [2.75, 3.05) is 7.11 Å². The highest BCUT2D eigenvalue weighted by Crippen LogP contribution is 2.33. The quantitative estimate of drug-likeness (QED) is 0.514. The first-order valence-electron chi connectivity index (χ1n) is 6.58. The molecule has 0 aliphatic carbocycles. The van der Waals surface area contributed by atoms with Crippen LogP contribution in [-0.4, -0.2) is 23.9 Å². The molecule has 6 heteroatoms. The Balaban J connectivity index is 2.11. The number of aliphatic hydroxyl groups is 1. The maximum absolute atomic E-state index is 12.1. The third-order valence-electron chi connectivity index (χ3n) is 3.44. The lowest BCUT2D eigenvalue weighted by atomic mass is 9.99. The van der Waals surface area contributed by atoms with Gasteiger partial charge in [-0.15, -0.1) is 0 Å². The number of Topliss-reactive ketones (excluding diaryl/α,β-unsaturated/α-hetero) is 1. The van der Waals surface area contributed by atoms with E-state index < -0.39 is 17.7 Å². The fourth-order valence-electron chi connectivity index (χ4n) is 2.36. The number of carbonyl (C=O) groups is 2. The third kappa shape index (κ3) is 2.24. The van der Waals surface area contributed by atoms with Gasteiger partial charge in [-0.25, -0.2) is 0 Å². The summed E-state index contributed by atoms with van der Waals surface area (Å²) < 4.78 is 10.3. The van der Waals surface area contributed by atoms with E-state index in [1.54, 1.807) is 36.4 Å². The Kier molecular flexibility index (Phi) is 3.42. The number of furan rings is 1. The molecule has 1 amide bonds. The molecule has 0 bridgehead atoms. The number of rotatable bonds is 3. The Morgan fingerprint density at radius 1 is 1.27 bits per heavy atom. The van der Waals surface area contributed by atoms with Gasteiger partial charge in [-0.3, -0.25) is 9.59 Å². The molecule has 2 aromatic rings. The van der Waals surface area contributed by atoms with Crippen LogP contribution in [0.15, 0.2) is 52.7 Å². The van der Waals surface area contributed by atoms with Crippen molar-refractivity contribution in [2.45, 2.75) is 6.04 Å². The number of amides is 1. The Morgan fingerprint density at radius 3 is 2.77 bits per heavy atom. The Hall–Kier alpha value is -3.02. The van der Waals surface area contributed by atoms with E-state index in [4.69, 9.17) is 9.15 Å². The fraction of sp³-hybridized carbons (Fsp3) is 0.125. The summed E-state index contributed by atoms with van der Waals surface area (Å²) in [6.07, 6.45) is 1.44. The molecular formula is C16H13NO5. The molecule has 1 atom stereocenters. The van der Waals surface area contributed by atoms with Crippen LogP contribution < -0.4 is 10.1 Å². The van der Waals surface area contributed by atoms with Crippen LogP contribution in [0.2, 0.25) is 0 Å². The molecule has 1 aromatic heterocycles. The van der Waals surface area contributed by atoms with Gasteiger partial charge in [0.05, 0.1) is 18.9 Å². The standard InChI is InChI=1S/C16H13NO5/c1-21-10-5-2-4-9(8-10)14(18)12-13(11-6-3-7-22-11)17-16(20)15(12)19/h2-8,13,18H,1H3,(H,17,20)/t13-/m1/s1. The van der Waals surface area contributed by atoms with Crippen molar-refractivity contribution in [3.05, 3.63) is 59.6 Å². The Labute approximate surface area is 126 Å². The van der Waals surface area contributed by atoms with Crippen LogP contribution in [0.4, 0.5) is 0 Å². The second-order valence-corrected chi connectivity index (χ2v) is 4.75. The number of hydrogen-bond acceptors (Lipinski definition) is 5. The first kappa shape index (κ1) is 13.9. The van der Waals surface area contributed by atoms with Crippen molar-refractivity contribution in [1.82, 2.24) is 5.32 Å². The van der Waals surface area contributed by atoms with Gasteiger partial charge < -0.3 is 19.6 Å². The molecule has 2 heterocycles. The van der Waals surface area contributed by atoms with Crippen molar-refractivity contribution in [3.8, 4) is 5.75 Å². The smallest absolute Gasteiger partial charge is 0.293 e. The lowest BCUT2D eigenvalue weighted by molar-refractivity contribution is -0.133. The number of ketones is 1. The third-order valence-corrected chi connectivity index (χ3v) is 3.44. The Bertz CT molecular complexity index is 761. The summed E-state index contributed by atoms with van der Waals surface area (Å²) in [5.74, 6) is -0.913. The molecule has 0 unspecified atom stereocenters. The molecule has 0 spiro atoms. The molecule has 1 aliphatic rings. The van der Waals surface area contributed by atoms with Crippen molar-refractivity contribution < 1.29 is 23.8 Å².